The van der Waals surface area contributed by atoms with Crippen LogP contribution in [0.2, 0.25) is 0 Å². The van der Waals surface area contributed by atoms with Gasteiger partial charge in [0.15, 0.2) is 0 Å². The van der Waals surface area contributed by atoms with Crippen LogP contribution in [0.3, 0.4) is 0 Å². The SMILES string of the molecule is CCCNC1CCN(C(C)c2sc(C)nc2C)CC1. The molecule has 0 spiro atoms. The molecule has 2 heterocycles. The summed E-state index contributed by atoms with van der Waals surface area (Å²) in [4.78, 5) is 8.63. The molecule has 0 saturated carbocycles. The fourth-order valence-electron chi connectivity index (χ4n) is 2.94. The molecule has 1 saturated heterocycles. The molecule has 19 heavy (non-hydrogen) atoms. The average molecular weight is 281 g/mol. The summed E-state index contributed by atoms with van der Waals surface area (Å²) in [6, 6.07) is 1.26. The Bertz CT molecular complexity index is 394. The Kier molecular flexibility index (Phi) is 5.37. The Morgan fingerprint density at radius 3 is 2.58 bits per heavy atom. The molecule has 1 N–H and O–H groups in total. The van der Waals surface area contributed by atoms with E-state index < -0.39 is 0 Å². The van der Waals surface area contributed by atoms with Crippen molar-refractivity contribution in [3.05, 3.63) is 15.6 Å². The lowest BCUT2D eigenvalue weighted by Gasteiger charge is -2.36. The highest BCUT2D eigenvalue weighted by molar-refractivity contribution is 7.11. The van der Waals surface area contributed by atoms with Crippen LogP contribution in [-0.4, -0.2) is 35.6 Å². The van der Waals surface area contributed by atoms with Crippen molar-refractivity contribution in [3.63, 3.8) is 0 Å². The normalized spacial score (nSPS) is 19.8. The van der Waals surface area contributed by atoms with Crippen LogP contribution < -0.4 is 5.32 Å². The Hall–Kier alpha value is -0.450. The quantitative estimate of drug-likeness (QED) is 0.897. The fraction of sp³-hybridized carbons (Fsp3) is 0.800. The first-order valence-electron chi connectivity index (χ1n) is 7.53. The van der Waals surface area contributed by atoms with Crippen molar-refractivity contribution in [1.82, 2.24) is 15.2 Å². The van der Waals surface area contributed by atoms with Gasteiger partial charge in [-0.1, -0.05) is 6.92 Å². The zero-order valence-electron chi connectivity index (χ0n) is 12.7. The van der Waals surface area contributed by atoms with E-state index in [-0.39, 0.29) is 0 Å². The van der Waals surface area contributed by atoms with Gasteiger partial charge in [-0.3, -0.25) is 4.90 Å². The van der Waals surface area contributed by atoms with Crippen LogP contribution in [0.1, 0.15) is 54.7 Å². The maximum Gasteiger partial charge on any atom is 0.0900 e. The van der Waals surface area contributed by atoms with E-state index in [9.17, 15) is 0 Å². The lowest BCUT2D eigenvalue weighted by Crippen LogP contribution is -2.43. The van der Waals surface area contributed by atoms with E-state index >= 15 is 0 Å². The van der Waals surface area contributed by atoms with Crippen molar-refractivity contribution in [2.24, 2.45) is 0 Å². The van der Waals surface area contributed by atoms with Crippen molar-refractivity contribution in [2.75, 3.05) is 19.6 Å². The lowest BCUT2D eigenvalue weighted by atomic mass is 10.0. The number of hydrogen-bond acceptors (Lipinski definition) is 4. The smallest absolute Gasteiger partial charge is 0.0900 e. The van der Waals surface area contributed by atoms with Gasteiger partial charge in [0.2, 0.25) is 0 Å². The molecule has 1 unspecified atom stereocenters. The van der Waals surface area contributed by atoms with Crippen molar-refractivity contribution in [2.45, 2.75) is 59.0 Å². The first kappa shape index (κ1) is 14.9. The van der Waals surface area contributed by atoms with Crippen LogP contribution in [0, 0.1) is 13.8 Å². The van der Waals surface area contributed by atoms with Crippen LogP contribution in [0.4, 0.5) is 0 Å². The molecule has 0 bridgehead atoms. The van der Waals surface area contributed by atoms with Gasteiger partial charge in [-0.2, -0.15) is 0 Å². The monoisotopic (exact) mass is 281 g/mol. The highest BCUT2D eigenvalue weighted by Crippen LogP contribution is 2.30. The zero-order chi connectivity index (χ0) is 13.8. The van der Waals surface area contributed by atoms with E-state index in [1.54, 1.807) is 0 Å². The predicted molar refractivity (Wildman–Crippen MR) is 82.9 cm³/mol. The zero-order valence-corrected chi connectivity index (χ0v) is 13.5. The van der Waals surface area contributed by atoms with E-state index in [4.69, 9.17) is 0 Å². The summed E-state index contributed by atoms with van der Waals surface area (Å²) in [7, 11) is 0. The van der Waals surface area contributed by atoms with Crippen LogP contribution >= 0.6 is 11.3 Å². The molecule has 1 aliphatic heterocycles. The molecule has 1 atom stereocenters. The molecule has 0 aromatic carbocycles. The second kappa shape index (κ2) is 6.82. The molecule has 1 aromatic rings. The third-order valence-corrected chi connectivity index (χ3v) is 5.32. The Morgan fingerprint density at radius 1 is 1.37 bits per heavy atom. The molecule has 4 heteroatoms. The minimum absolute atomic E-state index is 0.526. The lowest BCUT2D eigenvalue weighted by molar-refractivity contribution is 0.154. The predicted octanol–water partition coefficient (Wildman–Crippen LogP) is 3.28. The number of thiazole rings is 1. The second-order valence-corrected chi connectivity index (χ2v) is 6.86. The highest BCUT2D eigenvalue weighted by Gasteiger charge is 2.25. The van der Waals surface area contributed by atoms with Gasteiger partial charge in [0.05, 0.1) is 10.7 Å². The van der Waals surface area contributed by atoms with E-state index in [0.717, 1.165) is 12.6 Å². The number of aryl methyl sites for hydroxylation is 2. The number of likely N-dealkylation sites (tertiary alicyclic amines) is 1. The van der Waals surface area contributed by atoms with Gasteiger partial charge in [-0.15, -0.1) is 11.3 Å². The number of hydrogen-bond donors (Lipinski definition) is 1. The van der Waals surface area contributed by atoms with E-state index in [0.29, 0.717) is 6.04 Å². The van der Waals surface area contributed by atoms with Gasteiger partial charge in [0.1, 0.15) is 0 Å². The van der Waals surface area contributed by atoms with E-state index in [1.165, 1.54) is 47.9 Å². The first-order valence-corrected chi connectivity index (χ1v) is 8.34. The van der Waals surface area contributed by atoms with E-state index in [2.05, 4.69) is 42.9 Å². The van der Waals surface area contributed by atoms with Gasteiger partial charge in [0, 0.05) is 30.1 Å². The van der Waals surface area contributed by atoms with Gasteiger partial charge < -0.3 is 5.32 Å². The minimum Gasteiger partial charge on any atom is -0.314 e. The van der Waals surface area contributed by atoms with Crippen LogP contribution in [0.5, 0.6) is 0 Å². The average Bonchev–Trinajstić information content (AvgIpc) is 2.75. The first-order chi connectivity index (χ1) is 9.11. The van der Waals surface area contributed by atoms with Crippen LogP contribution in [0.15, 0.2) is 0 Å². The number of aromatic nitrogens is 1. The van der Waals surface area contributed by atoms with Gasteiger partial charge in [0.25, 0.3) is 0 Å². The van der Waals surface area contributed by atoms with Crippen molar-refractivity contribution in [1.29, 1.82) is 0 Å². The summed E-state index contributed by atoms with van der Waals surface area (Å²) in [5.41, 5.74) is 1.22. The summed E-state index contributed by atoms with van der Waals surface area (Å²) in [5, 5.41) is 4.84. The maximum absolute atomic E-state index is 4.56. The molecule has 108 valence electrons. The van der Waals surface area contributed by atoms with Crippen molar-refractivity contribution >= 4 is 11.3 Å². The molecular weight excluding hydrogens is 254 g/mol. The number of rotatable bonds is 5. The minimum atomic E-state index is 0.526. The van der Waals surface area contributed by atoms with Crippen LogP contribution in [-0.2, 0) is 0 Å². The maximum atomic E-state index is 4.56. The molecule has 0 amide bonds. The Balaban J connectivity index is 1.89. The number of piperidine rings is 1. The number of nitrogens with one attached hydrogen (secondary N) is 1. The molecular formula is C15H27N3S. The molecule has 0 radical (unpaired) electrons. The standard InChI is InChI=1S/C15H27N3S/c1-5-8-16-14-6-9-18(10-7-14)12(3)15-11(2)17-13(4)19-15/h12,14,16H,5-10H2,1-4H3. The summed E-state index contributed by atoms with van der Waals surface area (Å²) < 4.78 is 0. The topological polar surface area (TPSA) is 28.2 Å². The fourth-order valence-corrected chi connectivity index (χ4v) is 3.95. The second-order valence-electron chi connectivity index (χ2n) is 5.62. The third kappa shape index (κ3) is 3.77. The summed E-state index contributed by atoms with van der Waals surface area (Å²) >= 11 is 1.86. The number of nitrogens with zero attached hydrogens (tertiary/aromatic N) is 2. The molecule has 1 aromatic heterocycles. The van der Waals surface area contributed by atoms with Crippen molar-refractivity contribution < 1.29 is 0 Å². The highest BCUT2D eigenvalue weighted by atomic mass is 32.1. The molecule has 2 rings (SSSR count). The van der Waals surface area contributed by atoms with Gasteiger partial charge in [-0.25, -0.2) is 4.98 Å². The molecule has 3 nitrogen and oxygen atoms in total. The van der Waals surface area contributed by atoms with Gasteiger partial charge >= 0.3 is 0 Å². The third-order valence-electron chi connectivity index (χ3n) is 4.08. The summed E-state index contributed by atoms with van der Waals surface area (Å²) in [6.07, 6.45) is 3.79. The summed E-state index contributed by atoms with van der Waals surface area (Å²) in [6.45, 7) is 12.4. The largest absolute Gasteiger partial charge is 0.314 e. The molecule has 1 aliphatic rings. The molecule has 0 aliphatic carbocycles. The van der Waals surface area contributed by atoms with E-state index in [1.807, 2.05) is 11.3 Å². The summed E-state index contributed by atoms with van der Waals surface area (Å²) in [5.74, 6) is 0. The van der Waals surface area contributed by atoms with Gasteiger partial charge in [-0.05, 0) is 46.6 Å². The van der Waals surface area contributed by atoms with Crippen molar-refractivity contribution in [3.8, 4) is 0 Å². The Morgan fingerprint density at radius 2 is 2.05 bits per heavy atom. The Labute approximate surface area is 121 Å². The van der Waals surface area contributed by atoms with Crippen LogP contribution in [0.25, 0.3) is 0 Å². The molecule has 1 fully saturated rings.